The van der Waals surface area contributed by atoms with E-state index in [4.69, 9.17) is 24.4 Å². The largest absolute Gasteiger partial charge is 0.475 e. The lowest BCUT2D eigenvalue weighted by molar-refractivity contribution is 0.235. The summed E-state index contributed by atoms with van der Waals surface area (Å²) in [7, 11) is 0. The average molecular weight is 430 g/mol. The summed E-state index contributed by atoms with van der Waals surface area (Å²) in [6.45, 7) is 14.4. The van der Waals surface area contributed by atoms with Gasteiger partial charge in [-0.2, -0.15) is 0 Å². The SMILES string of the molecule is CC(C)(C)[C@@H]1COC(c2cccc3cc4cccc(C5=N[C@H](C(C)(C)C)CO5)c4nc23)=N1. The number of hydrogen-bond acceptors (Lipinski definition) is 5. The van der Waals surface area contributed by atoms with E-state index < -0.39 is 0 Å². The third kappa shape index (κ3) is 3.64. The number of pyridine rings is 1. The Kier molecular flexibility index (Phi) is 4.77. The number of para-hydroxylation sites is 2. The molecule has 5 nitrogen and oxygen atoms in total. The standard InChI is InChI=1S/C27H31N3O2/c1-26(2,3)20-14-31-24(28-20)18-11-7-9-16-13-17-10-8-12-19(23(17)30-22(16)18)25-29-21(15-32-25)27(4,5)6/h7-13,20-21H,14-15H2,1-6H3/t20-,21-/m0/s1. The average Bonchev–Trinajstić information content (AvgIpc) is 3.41. The first kappa shape index (κ1) is 20.9. The molecule has 0 unspecified atom stereocenters. The normalized spacial score (nSPS) is 21.4. The Morgan fingerprint density at radius 1 is 0.688 bits per heavy atom. The van der Waals surface area contributed by atoms with Crippen LogP contribution in [-0.4, -0.2) is 42.1 Å². The number of ether oxygens (including phenoxy) is 2. The van der Waals surface area contributed by atoms with Gasteiger partial charge in [0.2, 0.25) is 11.8 Å². The van der Waals surface area contributed by atoms with Gasteiger partial charge in [0.25, 0.3) is 0 Å². The third-order valence-corrected chi connectivity index (χ3v) is 6.43. The molecular formula is C27H31N3O2. The van der Waals surface area contributed by atoms with E-state index in [1.54, 1.807) is 0 Å². The minimum Gasteiger partial charge on any atom is -0.475 e. The van der Waals surface area contributed by atoms with Crippen LogP contribution in [0.3, 0.4) is 0 Å². The number of nitrogens with zero attached hydrogens (tertiary/aromatic N) is 3. The van der Waals surface area contributed by atoms with E-state index in [-0.39, 0.29) is 22.9 Å². The van der Waals surface area contributed by atoms with Crippen molar-refractivity contribution in [3.05, 3.63) is 53.6 Å². The van der Waals surface area contributed by atoms with Crippen molar-refractivity contribution in [3.63, 3.8) is 0 Å². The summed E-state index contributed by atoms with van der Waals surface area (Å²) in [5.74, 6) is 1.37. The lowest BCUT2D eigenvalue weighted by Gasteiger charge is -2.21. The summed E-state index contributed by atoms with van der Waals surface area (Å²) < 4.78 is 12.1. The van der Waals surface area contributed by atoms with Crippen LogP contribution in [0.4, 0.5) is 0 Å². The monoisotopic (exact) mass is 429 g/mol. The molecule has 0 bridgehead atoms. The highest BCUT2D eigenvalue weighted by Crippen LogP contribution is 2.32. The molecule has 2 aliphatic heterocycles. The van der Waals surface area contributed by atoms with Crippen molar-refractivity contribution in [2.45, 2.75) is 53.6 Å². The van der Waals surface area contributed by atoms with Gasteiger partial charge in [-0.3, -0.25) is 0 Å². The molecule has 0 radical (unpaired) electrons. The van der Waals surface area contributed by atoms with Gasteiger partial charge in [-0.15, -0.1) is 0 Å². The van der Waals surface area contributed by atoms with Crippen molar-refractivity contribution in [2.24, 2.45) is 20.8 Å². The number of hydrogen-bond donors (Lipinski definition) is 0. The van der Waals surface area contributed by atoms with Crippen LogP contribution in [0.15, 0.2) is 52.4 Å². The molecule has 2 atom stereocenters. The highest BCUT2D eigenvalue weighted by atomic mass is 16.5. The van der Waals surface area contributed by atoms with E-state index in [0.717, 1.165) is 32.9 Å². The molecule has 5 heteroatoms. The molecule has 0 amide bonds. The van der Waals surface area contributed by atoms with Crippen molar-refractivity contribution in [3.8, 4) is 0 Å². The van der Waals surface area contributed by atoms with Crippen molar-refractivity contribution < 1.29 is 9.47 Å². The van der Waals surface area contributed by atoms with Gasteiger partial charge >= 0.3 is 0 Å². The lowest BCUT2D eigenvalue weighted by atomic mass is 9.88. The Balaban J connectivity index is 1.65. The molecule has 0 N–H and O–H groups in total. The fourth-order valence-corrected chi connectivity index (χ4v) is 4.16. The van der Waals surface area contributed by atoms with Gasteiger partial charge in [-0.05, 0) is 29.0 Å². The van der Waals surface area contributed by atoms with E-state index in [1.807, 2.05) is 24.3 Å². The van der Waals surface area contributed by atoms with E-state index in [0.29, 0.717) is 25.0 Å². The molecule has 32 heavy (non-hydrogen) atoms. The van der Waals surface area contributed by atoms with Gasteiger partial charge in [-0.1, -0.05) is 65.8 Å². The van der Waals surface area contributed by atoms with Crippen LogP contribution in [0, 0.1) is 10.8 Å². The maximum atomic E-state index is 6.04. The summed E-state index contributed by atoms with van der Waals surface area (Å²) in [4.78, 5) is 14.9. The molecule has 0 fully saturated rings. The zero-order valence-corrected chi connectivity index (χ0v) is 19.8. The summed E-state index contributed by atoms with van der Waals surface area (Å²) in [5, 5.41) is 2.14. The van der Waals surface area contributed by atoms with Gasteiger partial charge in [0.1, 0.15) is 13.2 Å². The minimum atomic E-state index is 0.0567. The van der Waals surface area contributed by atoms with Crippen LogP contribution in [0.5, 0.6) is 0 Å². The molecule has 3 aromatic rings. The fourth-order valence-electron chi connectivity index (χ4n) is 4.16. The Morgan fingerprint density at radius 3 is 1.50 bits per heavy atom. The maximum absolute atomic E-state index is 6.04. The highest BCUT2D eigenvalue weighted by molar-refractivity contribution is 6.12. The van der Waals surface area contributed by atoms with Gasteiger partial charge in [0, 0.05) is 10.8 Å². The van der Waals surface area contributed by atoms with Gasteiger partial charge in [0.05, 0.1) is 34.2 Å². The zero-order chi connectivity index (χ0) is 22.7. The minimum absolute atomic E-state index is 0.0567. The number of fused-ring (bicyclic) bond motifs is 2. The first-order valence-corrected chi connectivity index (χ1v) is 11.4. The number of rotatable bonds is 2. The van der Waals surface area contributed by atoms with Crippen molar-refractivity contribution >= 4 is 33.6 Å². The van der Waals surface area contributed by atoms with Crippen LogP contribution in [0.25, 0.3) is 21.8 Å². The Morgan fingerprint density at radius 2 is 1.12 bits per heavy atom. The smallest absolute Gasteiger partial charge is 0.218 e. The summed E-state index contributed by atoms with van der Waals surface area (Å²) in [6.07, 6.45) is 0. The second-order valence-electron chi connectivity index (χ2n) is 11.0. The quantitative estimate of drug-likeness (QED) is 0.486. The van der Waals surface area contributed by atoms with Crippen LogP contribution in [0.2, 0.25) is 0 Å². The first-order chi connectivity index (χ1) is 15.1. The summed E-state index contributed by atoms with van der Waals surface area (Å²) in [6, 6.07) is 14.8. The fraction of sp³-hybridized carbons (Fsp3) is 0.444. The predicted molar refractivity (Wildman–Crippen MR) is 131 cm³/mol. The second-order valence-corrected chi connectivity index (χ2v) is 11.0. The number of benzene rings is 2. The molecule has 3 heterocycles. The zero-order valence-electron chi connectivity index (χ0n) is 19.8. The molecular weight excluding hydrogens is 398 g/mol. The Hall–Kier alpha value is -2.95. The van der Waals surface area contributed by atoms with Crippen LogP contribution >= 0.6 is 0 Å². The van der Waals surface area contributed by atoms with Crippen LogP contribution < -0.4 is 0 Å². The van der Waals surface area contributed by atoms with E-state index in [2.05, 4.69) is 59.7 Å². The van der Waals surface area contributed by atoms with E-state index in [1.165, 1.54) is 0 Å². The van der Waals surface area contributed by atoms with Crippen molar-refractivity contribution in [1.82, 2.24) is 4.98 Å². The summed E-state index contributed by atoms with van der Waals surface area (Å²) >= 11 is 0. The predicted octanol–water partition coefficient (Wildman–Crippen LogP) is 5.77. The molecule has 1 aromatic heterocycles. The maximum Gasteiger partial charge on any atom is 0.218 e. The second kappa shape index (κ2) is 7.29. The number of aliphatic imine (C=N–C) groups is 2. The Labute approximate surface area is 189 Å². The summed E-state index contributed by atoms with van der Waals surface area (Å²) in [5.41, 5.74) is 3.78. The molecule has 0 saturated heterocycles. The van der Waals surface area contributed by atoms with Gasteiger partial charge in [0.15, 0.2) is 0 Å². The van der Waals surface area contributed by atoms with Gasteiger partial charge < -0.3 is 9.47 Å². The van der Waals surface area contributed by atoms with Crippen molar-refractivity contribution in [2.75, 3.05) is 13.2 Å². The lowest BCUT2D eigenvalue weighted by Crippen LogP contribution is -2.25. The topological polar surface area (TPSA) is 56.1 Å². The van der Waals surface area contributed by atoms with Crippen LogP contribution in [-0.2, 0) is 9.47 Å². The van der Waals surface area contributed by atoms with Crippen LogP contribution in [0.1, 0.15) is 52.7 Å². The molecule has 2 aromatic carbocycles. The highest BCUT2D eigenvalue weighted by Gasteiger charge is 2.33. The van der Waals surface area contributed by atoms with Gasteiger partial charge in [-0.25, -0.2) is 15.0 Å². The molecule has 2 aliphatic rings. The first-order valence-electron chi connectivity index (χ1n) is 11.4. The Bertz CT molecular complexity index is 1170. The third-order valence-electron chi connectivity index (χ3n) is 6.43. The molecule has 5 rings (SSSR count). The molecule has 166 valence electrons. The van der Waals surface area contributed by atoms with E-state index in [9.17, 15) is 0 Å². The molecule has 0 aliphatic carbocycles. The number of aromatic nitrogens is 1. The molecule has 0 saturated carbocycles. The van der Waals surface area contributed by atoms with Crippen molar-refractivity contribution in [1.29, 1.82) is 0 Å². The molecule has 0 spiro atoms. The van der Waals surface area contributed by atoms with E-state index >= 15 is 0 Å².